The number of amides is 2. The van der Waals surface area contributed by atoms with Crippen molar-refractivity contribution in [1.29, 1.82) is 0 Å². The van der Waals surface area contributed by atoms with Gasteiger partial charge in [-0.15, -0.1) is 0 Å². The lowest BCUT2D eigenvalue weighted by Gasteiger charge is -2.32. The van der Waals surface area contributed by atoms with Crippen LogP contribution in [-0.2, 0) is 4.79 Å². The maximum atomic E-state index is 12.9. The SMILES string of the molecule is CCOc1ccccc1OCC(=O)N1CCC(NC(=O)c2cccc3ccccc23)CC1. The summed E-state index contributed by atoms with van der Waals surface area (Å²) in [4.78, 5) is 27.3. The van der Waals surface area contributed by atoms with E-state index < -0.39 is 0 Å². The molecule has 3 aromatic rings. The van der Waals surface area contributed by atoms with Crippen LogP contribution in [0.4, 0.5) is 0 Å². The molecule has 1 fully saturated rings. The number of carbonyl (C=O) groups is 2. The van der Waals surface area contributed by atoms with E-state index in [4.69, 9.17) is 9.47 Å². The molecule has 0 spiro atoms. The number of nitrogens with zero attached hydrogens (tertiary/aromatic N) is 1. The Kier molecular flexibility index (Phi) is 6.90. The summed E-state index contributed by atoms with van der Waals surface area (Å²) in [7, 11) is 0. The molecule has 3 aromatic carbocycles. The van der Waals surface area contributed by atoms with Crippen molar-refractivity contribution in [2.45, 2.75) is 25.8 Å². The normalized spacial score (nSPS) is 14.2. The Labute approximate surface area is 188 Å². The van der Waals surface area contributed by atoms with Gasteiger partial charge in [-0.05, 0) is 48.7 Å². The fourth-order valence-corrected chi connectivity index (χ4v) is 4.03. The quantitative estimate of drug-likeness (QED) is 0.612. The van der Waals surface area contributed by atoms with Gasteiger partial charge in [-0.1, -0.05) is 48.5 Å². The van der Waals surface area contributed by atoms with Crippen molar-refractivity contribution in [2.75, 3.05) is 26.3 Å². The van der Waals surface area contributed by atoms with Gasteiger partial charge in [0.15, 0.2) is 18.1 Å². The molecule has 6 heteroatoms. The highest BCUT2D eigenvalue weighted by Gasteiger charge is 2.25. The summed E-state index contributed by atoms with van der Waals surface area (Å²) in [6.45, 7) is 3.60. The second kappa shape index (κ2) is 10.2. The minimum atomic E-state index is -0.0672. The average molecular weight is 433 g/mol. The van der Waals surface area contributed by atoms with E-state index in [1.807, 2.05) is 67.6 Å². The molecule has 0 aromatic heterocycles. The molecule has 1 aliphatic heterocycles. The molecule has 166 valence electrons. The summed E-state index contributed by atoms with van der Waals surface area (Å²) in [5.74, 6) is 1.08. The van der Waals surface area contributed by atoms with E-state index in [1.54, 1.807) is 11.0 Å². The van der Waals surface area contributed by atoms with Crippen molar-refractivity contribution in [2.24, 2.45) is 0 Å². The van der Waals surface area contributed by atoms with Crippen molar-refractivity contribution < 1.29 is 19.1 Å². The molecular weight excluding hydrogens is 404 g/mol. The third-order valence-corrected chi connectivity index (χ3v) is 5.72. The predicted octanol–water partition coefficient (Wildman–Crippen LogP) is 4.04. The molecule has 4 rings (SSSR count). The number of benzene rings is 3. The van der Waals surface area contributed by atoms with Gasteiger partial charge in [0, 0.05) is 24.7 Å². The minimum Gasteiger partial charge on any atom is -0.490 e. The van der Waals surface area contributed by atoms with Gasteiger partial charge in [-0.25, -0.2) is 0 Å². The van der Waals surface area contributed by atoms with Crippen LogP contribution in [0.2, 0.25) is 0 Å². The van der Waals surface area contributed by atoms with Gasteiger partial charge in [0.2, 0.25) is 0 Å². The molecule has 1 heterocycles. The molecule has 0 unspecified atom stereocenters. The summed E-state index contributed by atoms with van der Waals surface area (Å²) in [6.07, 6.45) is 1.44. The Hall–Kier alpha value is -3.54. The van der Waals surface area contributed by atoms with Gasteiger partial charge in [0.1, 0.15) is 0 Å². The lowest BCUT2D eigenvalue weighted by molar-refractivity contribution is -0.134. The fourth-order valence-electron chi connectivity index (χ4n) is 4.03. The van der Waals surface area contributed by atoms with E-state index in [-0.39, 0.29) is 24.5 Å². The van der Waals surface area contributed by atoms with Gasteiger partial charge in [0.25, 0.3) is 11.8 Å². The second-order valence-electron chi connectivity index (χ2n) is 7.82. The van der Waals surface area contributed by atoms with Crippen molar-refractivity contribution in [1.82, 2.24) is 10.2 Å². The van der Waals surface area contributed by atoms with Crippen LogP contribution >= 0.6 is 0 Å². The fraction of sp³-hybridized carbons (Fsp3) is 0.308. The number of hydrogen-bond donors (Lipinski definition) is 1. The van der Waals surface area contributed by atoms with E-state index in [0.29, 0.717) is 36.8 Å². The highest BCUT2D eigenvalue weighted by Crippen LogP contribution is 2.26. The van der Waals surface area contributed by atoms with Crippen LogP contribution < -0.4 is 14.8 Å². The number of ether oxygens (including phenoxy) is 2. The van der Waals surface area contributed by atoms with E-state index in [0.717, 1.165) is 23.6 Å². The van der Waals surface area contributed by atoms with Crippen molar-refractivity contribution >= 4 is 22.6 Å². The van der Waals surface area contributed by atoms with Crippen molar-refractivity contribution in [3.05, 3.63) is 72.3 Å². The molecule has 0 bridgehead atoms. The largest absolute Gasteiger partial charge is 0.490 e. The Bertz CT molecular complexity index is 1080. The summed E-state index contributed by atoms with van der Waals surface area (Å²) < 4.78 is 11.2. The first kappa shape index (κ1) is 21.7. The molecular formula is C26H28N2O4. The molecule has 0 saturated carbocycles. The number of nitrogens with one attached hydrogen (secondary N) is 1. The highest BCUT2D eigenvalue weighted by molar-refractivity contribution is 6.07. The Morgan fingerprint density at radius 2 is 1.56 bits per heavy atom. The van der Waals surface area contributed by atoms with Gasteiger partial charge >= 0.3 is 0 Å². The monoisotopic (exact) mass is 432 g/mol. The number of hydrogen-bond acceptors (Lipinski definition) is 4. The lowest BCUT2D eigenvalue weighted by Crippen LogP contribution is -2.47. The second-order valence-corrected chi connectivity index (χ2v) is 7.82. The number of carbonyl (C=O) groups excluding carboxylic acids is 2. The maximum absolute atomic E-state index is 12.9. The Morgan fingerprint density at radius 1 is 0.906 bits per heavy atom. The molecule has 1 N–H and O–H groups in total. The number of likely N-dealkylation sites (tertiary alicyclic amines) is 1. The van der Waals surface area contributed by atoms with E-state index in [9.17, 15) is 9.59 Å². The van der Waals surface area contributed by atoms with Crippen LogP contribution in [0.15, 0.2) is 66.7 Å². The number of piperidine rings is 1. The molecule has 2 amide bonds. The summed E-state index contributed by atoms with van der Waals surface area (Å²) in [6, 6.07) is 21.0. The molecule has 0 radical (unpaired) electrons. The molecule has 0 atom stereocenters. The molecule has 0 aliphatic carbocycles. The Morgan fingerprint density at radius 3 is 2.31 bits per heavy atom. The molecule has 6 nitrogen and oxygen atoms in total. The highest BCUT2D eigenvalue weighted by atomic mass is 16.5. The smallest absolute Gasteiger partial charge is 0.260 e. The van der Waals surface area contributed by atoms with Crippen LogP contribution in [-0.4, -0.2) is 49.1 Å². The van der Waals surface area contributed by atoms with Gasteiger partial charge < -0.3 is 19.7 Å². The maximum Gasteiger partial charge on any atom is 0.260 e. The Balaban J connectivity index is 1.28. The standard InChI is InChI=1S/C26H28N2O4/c1-2-31-23-12-5-6-13-24(23)32-18-25(29)28-16-14-20(15-17-28)27-26(30)22-11-7-9-19-8-3-4-10-21(19)22/h3-13,20H,2,14-18H2,1H3,(H,27,30). The number of para-hydroxylation sites is 2. The first-order valence-corrected chi connectivity index (χ1v) is 11.1. The lowest BCUT2D eigenvalue weighted by atomic mass is 10.0. The minimum absolute atomic E-state index is 0.0306. The van der Waals surface area contributed by atoms with E-state index in [1.165, 1.54) is 0 Å². The third-order valence-electron chi connectivity index (χ3n) is 5.72. The zero-order valence-electron chi connectivity index (χ0n) is 18.3. The van der Waals surface area contributed by atoms with Crippen molar-refractivity contribution in [3.63, 3.8) is 0 Å². The topological polar surface area (TPSA) is 67.9 Å². The molecule has 1 saturated heterocycles. The van der Waals surface area contributed by atoms with Crippen LogP contribution in [0.25, 0.3) is 10.8 Å². The van der Waals surface area contributed by atoms with Gasteiger partial charge in [-0.3, -0.25) is 9.59 Å². The molecule has 1 aliphatic rings. The summed E-state index contributed by atoms with van der Waals surface area (Å²) in [5.41, 5.74) is 0.683. The van der Waals surface area contributed by atoms with Crippen molar-refractivity contribution in [3.8, 4) is 11.5 Å². The number of rotatable bonds is 7. The third kappa shape index (κ3) is 5.02. The first-order chi connectivity index (χ1) is 15.7. The van der Waals surface area contributed by atoms with Crippen LogP contribution in [0, 0.1) is 0 Å². The van der Waals surface area contributed by atoms with Gasteiger partial charge in [0.05, 0.1) is 6.61 Å². The van der Waals surface area contributed by atoms with E-state index in [2.05, 4.69) is 5.32 Å². The zero-order valence-corrected chi connectivity index (χ0v) is 18.3. The summed E-state index contributed by atoms with van der Waals surface area (Å²) in [5, 5.41) is 5.14. The van der Waals surface area contributed by atoms with Crippen LogP contribution in [0.1, 0.15) is 30.1 Å². The van der Waals surface area contributed by atoms with E-state index >= 15 is 0 Å². The van der Waals surface area contributed by atoms with Crippen LogP contribution in [0.5, 0.6) is 11.5 Å². The predicted molar refractivity (Wildman–Crippen MR) is 124 cm³/mol. The van der Waals surface area contributed by atoms with Crippen LogP contribution in [0.3, 0.4) is 0 Å². The summed E-state index contributed by atoms with van der Waals surface area (Å²) >= 11 is 0. The average Bonchev–Trinajstić information content (AvgIpc) is 2.83. The number of fused-ring (bicyclic) bond motifs is 1. The van der Waals surface area contributed by atoms with Gasteiger partial charge in [-0.2, -0.15) is 0 Å². The first-order valence-electron chi connectivity index (χ1n) is 11.1. The molecule has 32 heavy (non-hydrogen) atoms. The zero-order chi connectivity index (χ0) is 22.3.